The summed E-state index contributed by atoms with van der Waals surface area (Å²) in [6.07, 6.45) is 6.20. The molecule has 2 N–H and O–H groups in total. The number of nitrogens with zero attached hydrogens (tertiary/aromatic N) is 4. The number of rotatable bonds is 7. The molecule has 1 aliphatic carbocycles. The second-order valence-electron chi connectivity index (χ2n) is 6.47. The molecule has 28 heavy (non-hydrogen) atoms. The summed E-state index contributed by atoms with van der Waals surface area (Å²) in [5.74, 6) is 0.331. The fraction of sp³-hybridized carbons (Fsp3) is 0.389. The summed E-state index contributed by atoms with van der Waals surface area (Å²) in [6, 6.07) is 9.97. The van der Waals surface area contributed by atoms with Crippen molar-refractivity contribution in [2.75, 3.05) is 16.4 Å². The zero-order chi connectivity index (χ0) is 19.2. The van der Waals surface area contributed by atoms with Crippen LogP contribution in [0.2, 0.25) is 0 Å². The van der Waals surface area contributed by atoms with Gasteiger partial charge in [-0.15, -0.1) is 15.3 Å². The molecule has 0 unspecified atom stereocenters. The minimum absolute atomic E-state index is 0.0846. The maximum absolute atomic E-state index is 12.1. The predicted molar refractivity (Wildman–Crippen MR) is 109 cm³/mol. The number of amides is 1. The molecule has 4 rings (SSSR count). The van der Waals surface area contributed by atoms with Gasteiger partial charge in [-0.1, -0.05) is 65.7 Å². The molecule has 8 nitrogen and oxygen atoms in total. The SMILES string of the molecule is O=C(CSc1nnc(NC2CCCCC2)s1)Nc1nnc(-c2ccccc2)o1. The number of carbonyl (C=O) groups excluding carboxylic acids is 1. The Bertz CT molecular complexity index is 908. The highest BCUT2D eigenvalue weighted by Gasteiger charge is 2.16. The van der Waals surface area contributed by atoms with Crippen LogP contribution in [0.25, 0.3) is 11.5 Å². The number of nitrogens with one attached hydrogen (secondary N) is 2. The summed E-state index contributed by atoms with van der Waals surface area (Å²) in [5.41, 5.74) is 0.803. The van der Waals surface area contributed by atoms with E-state index in [0.717, 1.165) is 15.0 Å². The van der Waals surface area contributed by atoms with Gasteiger partial charge in [-0.05, 0) is 25.0 Å². The van der Waals surface area contributed by atoms with Gasteiger partial charge in [-0.3, -0.25) is 10.1 Å². The topological polar surface area (TPSA) is 106 Å². The van der Waals surface area contributed by atoms with Gasteiger partial charge in [0.15, 0.2) is 4.34 Å². The minimum Gasteiger partial charge on any atom is -0.403 e. The van der Waals surface area contributed by atoms with Crippen molar-refractivity contribution in [3.05, 3.63) is 30.3 Å². The Labute approximate surface area is 170 Å². The summed E-state index contributed by atoms with van der Waals surface area (Å²) in [5, 5.41) is 23.0. The molecule has 1 aliphatic rings. The van der Waals surface area contributed by atoms with Gasteiger partial charge in [-0.25, -0.2) is 0 Å². The lowest BCUT2D eigenvalue weighted by atomic mass is 9.96. The zero-order valence-electron chi connectivity index (χ0n) is 15.1. The lowest BCUT2D eigenvalue weighted by Crippen LogP contribution is -2.21. The van der Waals surface area contributed by atoms with E-state index in [2.05, 4.69) is 31.0 Å². The van der Waals surface area contributed by atoms with E-state index in [1.54, 1.807) is 0 Å². The summed E-state index contributed by atoms with van der Waals surface area (Å²) in [6.45, 7) is 0. The van der Waals surface area contributed by atoms with Crippen molar-refractivity contribution in [1.82, 2.24) is 20.4 Å². The van der Waals surface area contributed by atoms with Gasteiger partial charge in [0.25, 0.3) is 0 Å². The maximum atomic E-state index is 12.1. The predicted octanol–water partition coefficient (Wildman–Crippen LogP) is 4.06. The Kier molecular flexibility index (Phi) is 6.17. The molecule has 2 aromatic heterocycles. The molecule has 0 radical (unpaired) electrons. The van der Waals surface area contributed by atoms with Crippen LogP contribution in [0.1, 0.15) is 32.1 Å². The van der Waals surface area contributed by atoms with Crippen LogP contribution in [0.15, 0.2) is 39.1 Å². The van der Waals surface area contributed by atoms with Crippen molar-refractivity contribution in [3.63, 3.8) is 0 Å². The Morgan fingerprint density at radius 3 is 2.75 bits per heavy atom. The maximum Gasteiger partial charge on any atom is 0.322 e. The average Bonchev–Trinajstić information content (AvgIpc) is 3.37. The van der Waals surface area contributed by atoms with Crippen molar-refractivity contribution < 1.29 is 9.21 Å². The van der Waals surface area contributed by atoms with E-state index in [4.69, 9.17) is 4.42 Å². The van der Waals surface area contributed by atoms with E-state index in [-0.39, 0.29) is 17.7 Å². The highest BCUT2D eigenvalue weighted by atomic mass is 32.2. The molecule has 3 aromatic rings. The molecular weight excluding hydrogens is 396 g/mol. The number of hydrogen-bond acceptors (Lipinski definition) is 9. The normalized spacial score (nSPS) is 14.7. The molecule has 1 fully saturated rings. The van der Waals surface area contributed by atoms with Crippen molar-refractivity contribution >= 4 is 40.2 Å². The van der Waals surface area contributed by atoms with Crippen LogP contribution in [-0.2, 0) is 4.79 Å². The van der Waals surface area contributed by atoms with Crippen LogP contribution < -0.4 is 10.6 Å². The molecule has 1 saturated carbocycles. The minimum atomic E-state index is -0.231. The number of thioether (sulfide) groups is 1. The first-order valence-electron chi connectivity index (χ1n) is 9.18. The van der Waals surface area contributed by atoms with E-state index in [0.29, 0.717) is 11.9 Å². The van der Waals surface area contributed by atoms with Crippen molar-refractivity contribution in [3.8, 4) is 11.5 Å². The molecule has 2 heterocycles. The van der Waals surface area contributed by atoms with Gasteiger partial charge in [-0.2, -0.15) is 0 Å². The van der Waals surface area contributed by atoms with Crippen LogP contribution in [0.3, 0.4) is 0 Å². The van der Waals surface area contributed by atoms with E-state index in [1.807, 2.05) is 30.3 Å². The average molecular weight is 417 g/mol. The van der Waals surface area contributed by atoms with E-state index in [1.165, 1.54) is 55.2 Å². The first kappa shape index (κ1) is 18.9. The third-order valence-electron chi connectivity index (χ3n) is 4.36. The molecule has 1 amide bonds. The number of anilines is 2. The first-order valence-corrected chi connectivity index (χ1v) is 11.0. The van der Waals surface area contributed by atoms with Crippen LogP contribution in [0, 0.1) is 0 Å². The molecule has 0 bridgehead atoms. The Morgan fingerprint density at radius 1 is 1.11 bits per heavy atom. The highest BCUT2D eigenvalue weighted by molar-refractivity contribution is 8.01. The summed E-state index contributed by atoms with van der Waals surface area (Å²) in [7, 11) is 0. The number of hydrogen-bond donors (Lipinski definition) is 2. The van der Waals surface area contributed by atoms with Crippen LogP contribution in [-0.4, -0.2) is 38.1 Å². The molecule has 0 atom stereocenters. The van der Waals surface area contributed by atoms with Crippen molar-refractivity contribution in [1.29, 1.82) is 0 Å². The van der Waals surface area contributed by atoms with Crippen molar-refractivity contribution in [2.24, 2.45) is 0 Å². The molecule has 0 aliphatic heterocycles. The summed E-state index contributed by atoms with van der Waals surface area (Å²) < 4.78 is 6.24. The smallest absolute Gasteiger partial charge is 0.322 e. The first-order chi connectivity index (χ1) is 13.8. The number of aromatic nitrogens is 4. The Balaban J connectivity index is 1.25. The fourth-order valence-corrected chi connectivity index (χ4v) is 4.63. The lowest BCUT2D eigenvalue weighted by molar-refractivity contribution is -0.113. The van der Waals surface area contributed by atoms with E-state index >= 15 is 0 Å². The van der Waals surface area contributed by atoms with Gasteiger partial charge in [0, 0.05) is 11.6 Å². The van der Waals surface area contributed by atoms with Gasteiger partial charge in [0.05, 0.1) is 5.75 Å². The summed E-state index contributed by atoms with van der Waals surface area (Å²) >= 11 is 2.81. The van der Waals surface area contributed by atoms with Gasteiger partial charge < -0.3 is 9.73 Å². The molecule has 146 valence electrons. The Morgan fingerprint density at radius 2 is 1.93 bits per heavy atom. The number of carbonyl (C=O) groups is 1. The Hall–Kier alpha value is -2.46. The van der Waals surface area contributed by atoms with Crippen LogP contribution in [0.4, 0.5) is 11.1 Å². The highest BCUT2D eigenvalue weighted by Crippen LogP contribution is 2.28. The summed E-state index contributed by atoms with van der Waals surface area (Å²) in [4.78, 5) is 12.1. The molecule has 10 heteroatoms. The molecule has 0 spiro atoms. The second-order valence-corrected chi connectivity index (χ2v) is 8.67. The van der Waals surface area contributed by atoms with Crippen LogP contribution >= 0.6 is 23.1 Å². The standard InChI is InChI=1S/C18H20N6O2S2/c25-14(20-16-22-21-15(26-16)12-7-3-1-4-8-12)11-27-18-24-23-17(28-18)19-13-9-5-2-6-10-13/h1,3-4,7-8,13H,2,5-6,9-11H2,(H,19,23)(H,20,22,25). The monoisotopic (exact) mass is 416 g/mol. The van der Waals surface area contributed by atoms with Gasteiger partial charge in [0.1, 0.15) is 0 Å². The zero-order valence-corrected chi connectivity index (χ0v) is 16.8. The lowest BCUT2D eigenvalue weighted by Gasteiger charge is -2.21. The van der Waals surface area contributed by atoms with Crippen molar-refractivity contribution in [2.45, 2.75) is 42.5 Å². The molecule has 1 aromatic carbocycles. The second kappa shape index (κ2) is 9.16. The molecular formula is C18H20N6O2S2. The largest absolute Gasteiger partial charge is 0.403 e. The number of benzene rings is 1. The quantitative estimate of drug-likeness (QED) is 0.555. The van der Waals surface area contributed by atoms with Crippen LogP contribution in [0.5, 0.6) is 0 Å². The van der Waals surface area contributed by atoms with E-state index < -0.39 is 0 Å². The third kappa shape index (κ3) is 5.08. The van der Waals surface area contributed by atoms with Gasteiger partial charge in [0.2, 0.25) is 16.9 Å². The molecule has 0 saturated heterocycles. The third-order valence-corrected chi connectivity index (χ3v) is 6.35. The van der Waals surface area contributed by atoms with E-state index in [9.17, 15) is 4.79 Å². The fourth-order valence-electron chi connectivity index (χ4n) is 3.00. The van der Waals surface area contributed by atoms with Gasteiger partial charge >= 0.3 is 6.01 Å².